The average molecular weight is 325 g/mol. The van der Waals surface area contributed by atoms with Gasteiger partial charge < -0.3 is 10.6 Å². The van der Waals surface area contributed by atoms with Crippen LogP contribution in [0.5, 0.6) is 0 Å². The van der Waals surface area contributed by atoms with Gasteiger partial charge in [0, 0.05) is 29.3 Å². The zero-order chi connectivity index (χ0) is 13.8. The minimum absolute atomic E-state index is 0.202. The second kappa shape index (κ2) is 6.76. The highest BCUT2D eigenvalue weighted by Crippen LogP contribution is 2.30. The third-order valence-corrected chi connectivity index (χ3v) is 4.58. The molecule has 0 radical (unpaired) electrons. The van der Waals surface area contributed by atoms with E-state index in [1.54, 1.807) is 0 Å². The molecule has 1 fully saturated rings. The van der Waals surface area contributed by atoms with Crippen molar-refractivity contribution in [2.45, 2.75) is 57.5 Å². The van der Waals surface area contributed by atoms with Gasteiger partial charge in [0.1, 0.15) is 0 Å². The summed E-state index contributed by atoms with van der Waals surface area (Å²) in [5, 5.41) is 0. The maximum Gasteiger partial charge on any atom is 0.0400 e. The lowest BCUT2D eigenvalue weighted by molar-refractivity contribution is 0.427. The van der Waals surface area contributed by atoms with E-state index in [4.69, 9.17) is 5.73 Å². The Labute approximate surface area is 125 Å². The molecule has 0 saturated heterocycles. The second-order valence-electron chi connectivity index (χ2n) is 5.86. The van der Waals surface area contributed by atoms with Gasteiger partial charge in [-0.15, -0.1) is 0 Å². The van der Waals surface area contributed by atoms with Crippen molar-refractivity contribution in [1.29, 1.82) is 0 Å². The summed E-state index contributed by atoms with van der Waals surface area (Å²) in [6.45, 7) is 2.07. The van der Waals surface area contributed by atoms with Crippen molar-refractivity contribution < 1.29 is 0 Å². The number of nitrogens with zero attached hydrogens (tertiary/aromatic N) is 1. The van der Waals surface area contributed by atoms with Crippen LogP contribution in [0.4, 0.5) is 5.69 Å². The largest absolute Gasteiger partial charge is 0.371 e. The molecule has 0 amide bonds. The molecule has 2 rings (SSSR count). The summed E-state index contributed by atoms with van der Waals surface area (Å²) in [6, 6.07) is 7.49. The maximum atomic E-state index is 5.99. The van der Waals surface area contributed by atoms with Crippen LogP contribution in [0, 0.1) is 0 Å². The fourth-order valence-corrected chi connectivity index (χ4v) is 3.48. The topological polar surface area (TPSA) is 29.3 Å². The Hall–Kier alpha value is -0.540. The Balaban J connectivity index is 2.21. The van der Waals surface area contributed by atoms with Crippen LogP contribution in [-0.2, 0) is 6.42 Å². The van der Waals surface area contributed by atoms with Gasteiger partial charge in [0.25, 0.3) is 0 Å². The molecule has 0 heterocycles. The van der Waals surface area contributed by atoms with Gasteiger partial charge in [-0.2, -0.15) is 0 Å². The van der Waals surface area contributed by atoms with Crippen LogP contribution in [0.3, 0.4) is 0 Å². The standard InChI is InChI=1S/C16H25BrN2/c1-12(18)10-13-11-14(17)8-9-16(13)19(2)15-6-4-3-5-7-15/h8-9,11-12,15H,3-7,10,18H2,1-2H3. The van der Waals surface area contributed by atoms with Gasteiger partial charge in [0.05, 0.1) is 0 Å². The van der Waals surface area contributed by atoms with E-state index in [1.807, 2.05) is 0 Å². The predicted molar refractivity (Wildman–Crippen MR) is 86.8 cm³/mol. The molecular formula is C16H25BrN2. The van der Waals surface area contributed by atoms with E-state index in [2.05, 4.69) is 53.0 Å². The van der Waals surface area contributed by atoms with Crippen molar-refractivity contribution in [2.75, 3.05) is 11.9 Å². The van der Waals surface area contributed by atoms with Gasteiger partial charge in [0.15, 0.2) is 0 Å². The molecule has 1 aliphatic carbocycles. The molecule has 1 unspecified atom stereocenters. The first kappa shape index (κ1) is 14.9. The first-order chi connectivity index (χ1) is 9.08. The number of nitrogens with two attached hydrogens (primary N) is 1. The monoisotopic (exact) mass is 324 g/mol. The van der Waals surface area contributed by atoms with Crippen LogP contribution in [0.25, 0.3) is 0 Å². The van der Waals surface area contributed by atoms with E-state index in [-0.39, 0.29) is 6.04 Å². The Kier molecular flexibility index (Phi) is 5.28. The number of hydrogen-bond acceptors (Lipinski definition) is 2. The number of halogens is 1. The van der Waals surface area contributed by atoms with Gasteiger partial charge in [0.2, 0.25) is 0 Å². The Bertz CT molecular complexity index is 411. The zero-order valence-electron chi connectivity index (χ0n) is 12.0. The highest BCUT2D eigenvalue weighted by molar-refractivity contribution is 9.10. The molecule has 3 heteroatoms. The predicted octanol–water partition coefficient (Wildman–Crippen LogP) is 4.11. The number of anilines is 1. The van der Waals surface area contributed by atoms with E-state index >= 15 is 0 Å². The summed E-state index contributed by atoms with van der Waals surface area (Å²) < 4.78 is 1.14. The Morgan fingerprint density at radius 2 is 2.00 bits per heavy atom. The molecule has 0 spiro atoms. The smallest absolute Gasteiger partial charge is 0.0400 e. The van der Waals surface area contributed by atoms with Gasteiger partial charge in [-0.05, 0) is 49.9 Å². The van der Waals surface area contributed by atoms with Gasteiger partial charge in [-0.1, -0.05) is 35.2 Å². The van der Waals surface area contributed by atoms with Crippen LogP contribution in [0.1, 0.15) is 44.6 Å². The van der Waals surface area contributed by atoms with E-state index in [0.29, 0.717) is 6.04 Å². The van der Waals surface area contributed by atoms with Crippen LogP contribution in [-0.4, -0.2) is 19.1 Å². The highest BCUT2D eigenvalue weighted by Gasteiger charge is 2.20. The maximum absolute atomic E-state index is 5.99. The molecule has 0 aliphatic heterocycles. The van der Waals surface area contributed by atoms with E-state index < -0.39 is 0 Å². The molecule has 19 heavy (non-hydrogen) atoms. The summed E-state index contributed by atoms with van der Waals surface area (Å²) in [5.41, 5.74) is 8.70. The molecule has 1 aliphatic rings. The van der Waals surface area contributed by atoms with Crippen molar-refractivity contribution in [2.24, 2.45) is 5.73 Å². The lowest BCUT2D eigenvalue weighted by atomic mass is 9.93. The summed E-state index contributed by atoms with van der Waals surface area (Å²) in [5.74, 6) is 0. The molecule has 2 nitrogen and oxygen atoms in total. The number of rotatable bonds is 4. The Morgan fingerprint density at radius 3 is 2.63 bits per heavy atom. The van der Waals surface area contributed by atoms with E-state index in [9.17, 15) is 0 Å². The summed E-state index contributed by atoms with van der Waals surface area (Å²) in [6.07, 6.45) is 7.72. The van der Waals surface area contributed by atoms with Crippen molar-refractivity contribution in [3.63, 3.8) is 0 Å². The van der Waals surface area contributed by atoms with Gasteiger partial charge in [-0.25, -0.2) is 0 Å². The molecule has 0 bridgehead atoms. The van der Waals surface area contributed by atoms with Crippen molar-refractivity contribution in [1.82, 2.24) is 0 Å². The zero-order valence-corrected chi connectivity index (χ0v) is 13.6. The molecule has 1 aromatic rings. The van der Waals surface area contributed by atoms with Crippen LogP contribution >= 0.6 is 15.9 Å². The summed E-state index contributed by atoms with van der Waals surface area (Å²) >= 11 is 3.57. The third-order valence-electron chi connectivity index (χ3n) is 4.09. The van der Waals surface area contributed by atoms with Gasteiger partial charge in [-0.3, -0.25) is 0 Å². The van der Waals surface area contributed by atoms with Crippen LogP contribution in [0.15, 0.2) is 22.7 Å². The highest BCUT2D eigenvalue weighted by atomic mass is 79.9. The first-order valence-corrected chi connectivity index (χ1v) is 8.14. The van der Waals surface area contributed by atoms with Crippen molar-refractivity contribution in [3.8, 4) is 0 Å². The molecule has 2 N–H and O–H groups in total. The SMILES string of the molecule is CC(N)Cc1cc(Br)ccc1N(C)C1CCCCC1. The quantitative estimate of drug-likeness (QED) is 0.903. The normalized spacial score (nSPS) is 18.3. The minimum Gasteiger partial charge on any atom is -0.371 e. The molecular weight excluding hydrogens is 300 g/mol. The minimum atomic E-state index is 0.202. The molecule has 1 aromatic carbocycles. The van der Waals surface area contributed by atoms with Gasteiger partial charge >= 0.3 is 0 Å². The fourth-order valence-electron chi connectivity index (χ4n) is 3.07. The van der Waals surface area contributed by atoms with E-state index in [1.165, 1.54) is 43.4 Å². The Morgan fingerprint density at radius 1 is 1.32 bits per heavy atom. The lowest BCUT2D eigenvalue weighted by Crippen LogP contribution is -2.34. The third kappa shape index (κ3) is 3.96. The number of hydrogen-bond donors (Lipinski definition) is 1. The molecule has 1 atom stereocenters. The van der Waals surface area contributed by atoms with Crippen molar-refractivity contribution in [3.05, 3.63) is 28.2 Å². The lowest BCUT2D eigenvalue weighted by Gasteiger charge is -2.34. The van der Waals surface area contributed by atoms with Crippen LogP contribution in [0.2, 0.25) is 0 Å². The van der Waals surface area contributed by atoms with Crippen molar-refractivity contribution >= 4 is 21.6 Å². The van der Waals surface area contributed by atoms with Crippen LogP contribution < -0.4 is 10.6 Å². The molecule has 1 saturated carbocycles. The molecule has 0 aromatic heterocycles. The average Bonchev–Trinajstić information content (AvgIpc) is 2.38. The molecule has 106 valence electrons. The first-order valence-electron chi connectivity index (χ1n) is 7.35. The fraction of sp³-hybridized carbons (Fsp3) is 0.625. The summed E-state index contributed by atoms with van der Waals surface area (Å²) in [4.78, 5) is 2.48. The number of benzene rings is 1. The van der Waals surface area contributed by atoms with E-state index in [0.717, 1.165) is 10.9 Å². The second-order valence-corrected chi connectivity index (χ2v) is 6.77. The summed E-state index contributed by atoms with van der Waals surface area (Å²) in [7, 11) is 2.24.